The molecule has 2 fully saturated rings. The van der Waals surface area contributed by atoms with Crippen molar-refractivity contribution in [3.63, 3.8) is 0 Å². The molecule has 1 N–H and O–H groups in total. The van der Waals surface area contributed by atoms with Gasteiger partial charge in [-0.3, -0.25) is 14.5 Å². The molecule has 5 rings (SSSR count). The van der Waals surface area contributed by atoms with Crippen LogP contribution in [0.25, 0.3) is 16.5 Å². The van der Waals surface area contributed by atoms with E-state index in [1.165, 1.54) is 0 Å². The van der Waals surface area contributed by atoms with Gasteiger partial charge in [0.25, 0.3) is 11.7 Å². The smallest absolute Gasteiger partial charge is 0.295 e. The zero-order valence-electron chi connectivity index (χ0n) is 19.6. The molecule has 1 unspecified atom stereocenters. The number of aliphatic hydroxyl groups excluding tert-OH is 1. The molecule has 3 aromatic carbocycles. The van der Waals surface area contributed by atoms with E-state index in [-0.39, 0.29) is 11.3 Å². The SMILES string of the molecule is COc1ccc(/C(O)=C2\C(=O)C(=O)N(CCN3CCOCC3)C2c2cccc3ccccc23)cc1. The summed E-state index contributed by atoms with van der Waals surface area (Å²) in [5, 5.41) is 13.3. The van der Waals surface area contributed by atoms with Crippen LogP contribution in [0.3, 0.4) is 0 Å². The number of Topliss-reactive ketones (excluding diaryl/α,β-unsaturated/α-hetero) is 1. The van der Waals surface area contributed by atoms with Gasteiger partial charge in [-0.05, 0) is 40.6 Å². The van der Waals surface area contributed by atoms with E-state index >= 15 is 0 Å². The summed E-state index contributed by atoms with van der Waals surface area (Å²) in [5.74, 6) is -0.805. The van der Waals surface area contributed by atoms with Gasteiger partial charge in [0, 0.05) is 31.7 Å². The van der Waals surface area contributed by atoms with Gasteiger partial charge in [0.05, 0.1) is 31.9 Å². The van der Waals surface area contributed by atoms with E-state index < -0.39 is 17.7 Å². The van der Waals surface area contributed by atoms with Crippen molar-refractivity contribution in [3.05, 3.63) is 83.4 Å². The lowest BCUT2D eigenvalue weighted by Gasteiger charge is -2.31. The second kappa shape index (κ2) is 9.90. The van der Waals surface area contributed by atoms with Crippen LogP contribution >= 0.6 is 0 Å². The number of carbonyl (C=O) groups is 2. The maximum absolute atomic E-state index is 13.4. The third-order valence-corrected chi connectivity index (χ3v) is 6.78. The minimum atomic E-state index is -0.691. The van der Waals surface area contributed by atoms with E-state index in [9.17, 15) is 14.7 Å². The molecule has 2 aliphatic heterocycles. The van der Waals surface area contributed by atoms with E-state index in [4.69, 9.17) is 9.47 Å². The van der Waals surface area contributed by atoms with Crippen LogP contribution in [0.2, 0.25) is 0 Å². The first-order chi connectivity index (χ1) is 17.1. The molecule has 0 bridgehead atoms. The zero-order valence-corrected chi connectivity index (χ0v) is 19.6. The number of carbonyl (C=O) groups excluding carboxylic acids is 2. The van der Waals surface area contributed by atoms with Gasteiger partial charge in [0.1, 0.15) is 11.5 Å². The number of fused-ring (bicyclic) bond motifs is 1. The maximum Gasteiger partial charge on any atom is 0.295 e. The van der Waals surface area contributed by atoms with Crippen molar-refractivity contribution in [1.82, 2.24) is 9.80 Å². The lowest BCUT2D eigenvalue weighted by atomic mass is 9.91. The summed E-state index contributed by atoms with van der Waals surface area (Å²) in [6.45, 7) is 3.88. The molecule has 35 heavy (non-hydrogen) atoms. The van der Waals surface area contributed by atoms with Crippen LogP contribution in [0.15, 0.2) is 72.3 Å². The van der Waals surface area contributed by atoms with Gasteiger partial charge in [0.2, 0.25) is 0 Å². The molecule has 0 saturated carbocycles. The molecule has 0 spiro atoms. The fourth-order valence-electron chi connectivity index (χ4n) is 4.90. The van der Waals surface area contributed by atoms with Crippen molar-refractivity contribution in [1.29, 1.82) is 0 Å². The summed E-state index contributed by atoms with van der Waals surface area (Å²) < 4.78 is 10.7. The molecule has 2 heterocycles. The molecular formula is C28H28N2O5. The topological polar surface area (TPSA) is 79.3 Å². The third-order valence-electron chi connectivity index (χ3n) is 6.78. The highest BCUT2D eigenvalue weighted by Crippen LogP contribution is 2.41. The number of hydrogen-bond acceptors (Lipinski definition) is 6. The van der Waals surface area contributed by atoms with Crippen LogP contribution in [-0.4, -0.2) is 73.1 Å². The van der Waals surface area contributed by atoms with Gasteiger partial charge in [-0.25, -0.2) is 0 Å². The Labute approximate surface area is 204 Å². The Kier molecular flexibility index (Phi) is 6.53. The van der Waals surface area contributed by atoms with Crippen molar-refractivity contribution < 1.29 is 24.2 Å². The molecule has 2 aliphatic rings. The number of morpholine rings is 1. The summed E-state index contributed by atoms with van der Waals surface area (Å²) >= 11 is 0. The average Bonchev–Trinajstić information content (AvgIpc) is 3.16. The number of ketones is 1. The van der Waals surface area contributed by atoms with Crippen molar-refractivity contribution in [2.45, 2.75) is 6.04 Å². The fourth-order valence-corrected chi connectivity index (χ4v) is 4.90. The average molecular weight is 473 g/mol. The van der Waals surface area contributed by atoms with E-state index in [1.54, 1.807) is 36.3 Å². The first kappa shape index (κ1) is 23.1. The summed E-state index contributed by atoms with van der Waals surface area (Å²) in [6.07, 6.45) is 0. The Balaban J connectivity index is 1.61. The Morgan fingerprint density at radius 2 is 1.69 bits per heavy atom. The standard InChI is InChI=1S/C28H28N2O5/c1-34-21-11-9-20(10-12-21)26(31)24-25(23-8-4-6-19-5-2-3-7-22(19)23)30(28(33)27(24)32)14-13-29-15-17-35-18-16-29/h2-12,25,31H,13-18H2,1H3/b26-24+. The quantitative estimate of drug-likeness (QED) is 0.336. The second-order valence-corrected chi connectivity index (χ2v) is 8.74. The summed E-state index contributed by atoms with van der Waals surface area (Å²) in [4.78, 5) is 30.5. The van der Waals surface area contributed by atoms with E-state index in [1.807, 2.05) is 42.5 Å². The molecule has 0 aromatic heterocycles. The predicted octanol–water partition coefficient (Wildman–Crippen LogP) is 3.60. The molecule has 0 aliphatic carbocycles. The Bertz CT molecular complexity index is 1270. The monoisotopic (exact) mass is 472 g/mol. The van der Waals surface area contributed by atoms with Crippen molar-refractivity contribution in [2.24, 2.45) is 0 Å². The van der Waals surface area contributed by atoms with Gasteiger partial charge in [-0.1, -0.05) is 42.5 Å². The lowest BCUT2D eigenvalue weighted by Crippen LogP contribution is -2.42. The number of rotatable bonds is 6. The Morgan fingerprint density at radius 3 is 2.43 bits per heavy atom. The molecule has 1 atom stereocenters. The van der Waals surface area contributed by atoms with Gasteiger partial charge in [-0.15, -0.1) is 0 Å². The van der Waals surface area contributed by atoms with E-state index in [0.29, 0.717) is 37.6 Å². The third kappa shape index (κ3) is 4.40. The molecule has 0 radical (unpaired) electrons. The highest BCUT2D eigenvalue weighted by molar-refractivity contribution is 6.46. The molecule has 1 amide bonds. The first-order valence-corrected chi connectivity index (χ1v) is 11.8. The van der Waals surface area contributed by atoms with Crippen molar-refractivity contribution in [2.75, 3.05) is 46.5 Å². The van der Waals surface area contributed by atoms with E-state index in [0.717, 1.165) is 29.4 Å². The fraction of sp³-hybridized carbons (Fsp3) is 0.286. The van der Waals surface area contributed by atoms with Crippen LogP contribution < -0.4 is 4.74 Å². The molecule has 3 aromatic rings. The van der Waals surface area contributed by atoms with Crippen LogP contribution in [0, 0.1) is 0 Å². The second-order valence-electron chi connectivity index (χ2n) is 8.74. The normalized spacial score (nSPS) is 20.5. The molecule has 180 valence electrons. The minimum absolute atomic E-state index is 0.110. The van der Waals surface area contributed by atoms with Crippen LogP contribution in [0.1, 0.15) is 17.2 Å². The van der Waals surface area contributed by atoms with Gasteiger partial charge in [0.15, 0.2) is 0 Å². The molecular weight excluding hydrogens is 444 g/mol. The number of hydrogen-bond donors (Lipinski definition) is 1. The van der Waals surface area contributed by atoms with E-state index in [2.05, 4.69) is 4.90 Å². The lowest BCUT2D eigenvalue weighted by molar-refractivity contribution is -0.140. The Morgan fingerprint density at radius 1 is 0.971 bits per heavy atom. The Hall–Kier alpha value is -3.68. The molecule has 7 heteroatoms. The number of aliphatic hydroxyl groups is 1. The number of likely N-dealkylation sites (tertiary alicyclic amines) is 1. The summed E-state index contributed by atoms with van der Waals surface area (Å²) in [7, 11) is 1.56. The highest BCUT2D eigenvalue weighted by Gasteiger charge is 2.46. The zero-order chi connectivity index (χ0) is 24.4. The van der Waals surface area contributed by atoms with Gasteiger partial charge < -0.3 is 19.5 Å². The predicted molar refractivity (Wildman–Crippen MR) is 133 cm³/mol. The van der Waals surface area contributed by atoms with Crippen molar-refractivity contribution in [3.8, 4) is 5.75 Å². The molecule has 7 nitrogen and oxygen atoms in total. The minimum Gasteiger partial charge on any atom is -0.507 e. The largest absolute Gasteiger partial charge is 0.507 e. The van der Waals surface area contributed by atoms with Crippen molar-refractivity contribution >= 4 is 28.2 Å². The summed E-state index contributed by atoms with van der Waals surface area (Å²) in [5.41, 5.74) is 1.39. The summed E-state index contributed by atoms with van der Waals surface area (Å²) in [6, 6.07) is 19.9. The van der Waals surface area contributed by atoms with Crippen LogP contribution in [0.4, 0.5) is 0 Å². The number of benzene rings is 3. The van der Waals surface area contributed by atoms with Crippen LogP contribution in [-0.2, 0) is 14.3 Å². The van der Waals surface area contributed by atoms with Crippen LogP contribution in [0.5, 0.6) is 5.75 Å². The highest BCUT2D eigenvalue weighted by atomic mass is 16.5. The van der Waals surface area contributed by atoms with Gasteiger partial charge in [-0.2, -0.15) is 0 Å². The first-order valence-electron chi connectivity index (χ1n) is 11.8. The number of methoxy groups -OCH3 is 1. The van der Waals surface area contributed by atoms with Gasteiger partial charge >= 0.3 is 0 Å². The number of ether oxygens (including phenoxy) is 2. The number of nitrogens with zero attached hydrogens (tertiary/aromatic N) is 2. The molecule has 2 saturated heterocycles. The number of amides is 1. The maximum atomic E-state index is 13.4.